The molecular weight excluding hydrogens is 638 g/mol. The van der Waals surface area contributed by atoms with E-state index in [4.69, 9.17) is 10.5 Å². The molecule has 1 saturated heterocycles. The molecule has 272 valence electrons. The molecule has 5 N–H and O–H groups in total. The Morgan fingerprint density at radius 2 is 1.74 bits per heavy atom. The maximum Gasteiger partial charge on any atom is 0.332 e. The Bertz CT molecular complexity index is 1470. The van der Waals surface area contributed by atoms with Crippen LogP contribution in [-0.2, 0) is 28.7 Å². The quantitative estimate of drug-likeness (QED) is 0.0986. The van der Waals surface area contributed by atoms with Crippen molar-refractivity contribution in [3.05, 3.63) is 66.4 Å². The lowest BCUT2D eigenvalue weighted by Crippen LogP contribution is -2.63. The average Bonchev–Trinajstić information content (AvgIpc) is 3.53. The summed E-state index contributed by atoms with van der Waals surface area (Å²) in [7, 11) is 0. The molecule has 2 aliphatic rings. The highest BCUT2D eigenvalue weighted by atomic mass is 16.5. The molecule has 3 rings (SSSR count). The van der Waals surface area contributed by atoms with Crippen molar-refractivity contribution in [2.45, 2.75) is 103 Å². The van der Waals surface area contributed by atoms with E-state index in [2.05, 4.69) is 28.3 Å². The Balaban J connectivity index is 1.84. The number of likely N-dealkylation sites (tertiary alicyclic amines) is 1. The highest BCUT2D eigenvalue weighted by Crippen LogP contribution is 2.34. The molecule has 50 heavy (non-hydrogen) atoms. The van der Waals surface area contributed by atoms with Gasteiger partial charge in [-0.1, -0.05) is 103 Å². The van der Waals surface area contributed by atoms with Gasteiger partial charge in [-0.25, -0.2) is 9.59 Å². The van der Waals surface area contributed by atoms with Crippen LogP contribution in [0.3, 0.4) is 0 Å². The van der Waals surface area contributed by atoms with Crippen molar-refractivity contribution >= 4 is 35.5 Å². The van der Waals surface area contributed by atoms with Gasteiger partial charge in [-0.05, 0) is 48.2 Å². The smallest absolute Gasteiger partial charge is 0.332 e. The molecule has 1 aromatic rings. The van der Waals surface area contributed by atoms with Crippen LogP contribution in [0, 0.1) is 17.3 Å². The molecule has 0 aromatic heterocycles. The van der Waals surface area contributed by atoms with Crippen molar-refractivity contribution in [3.63, 3.8) is 0 Å². The first-order valence-electron chi connectivity index (χ1n) is 17.4. The van der Waals surface area contributed by atoms with Crippen LogP contribution in [0.5, 0.6) is 0 Å². The highest BCUT2D eigenvalue weighted by molar-refractivity contribution is 6.36. The number of ketones is 1. The Morgan fingerprint density at radius 3 is 2.32 bits per heavy atom. The van der Waals surface area contributed by atoms with Crippen molar-refractivity contribution in [2.75, 3.05) is 13.1 Å². The van der Waals surface area contributed by atoms with Crippen LogP contribution in [0.4, 0.5) is 4.79 Å². The van der Waals surface area contributed by atoms with Gasteiger partial charge < -0.3 is 31.3 Å². The van der Waals surface area contributed by atoms with Crippen molar-refractivity contribution < 1.29 is 33.5 Å². The number of hydrogen-bond acceptors (Lipinski definition) is 7. The maximum absolute atomic E-state index is 14.3. The first-order valence-corrected chi connectivity index (χ1v) is 17.4. The van der Waals surface area contributed by atoms with Crippen molar-refractivity contribution in [1.29, 1.82) is 0 Å². The summed E-state index contributed by atoms with van der Waals surface area (Å²) in [6.07, 6.45) is 8.51. The molecule has 1 aromatic carbocycles. The molecule has 0 bridgehead atoms. The molecule has 1 unspecified atom stereocenters. The van der Waals surface area contributed by atoms with Crippen molar-refractivity contribution in [3.8, 4) is 0 Å². The van der Waals surface area contributed by atoms with Crippen LogP contribution < -0.4 is 21.7 Å². The zero-order valence-corrected chi connectivity index (χ0v) is 30.0. The summed E-state index contributed by atoms with van der Waals surface area (Å²) in [5, 5.41) is 8.20. The third kappa shape index (κ3) is 10.6. The van der Waals surface area contributed by atoms with E-state index in [1.54, 1.807) is 32.9 Å². The monoisotopic (exact) mass is 691 g/mol. The number of primary amides is 1. The van der Waals surface area contributed by atoms with E-state index < -0.39 is 71.2 Å². The molecule has 1 aliphatic heterocycles. The molecule has 4 atom stereocenters. The molecule has 2 fully saturated rings. The number of allylic oxidation sites excluding steroid dienone is 2. The van der Waals surface area contributed by atoms with Crippen LogP contribution in [0.25, 0.3) is 0 Å². The van der Waals surface area contributed by atoms with E-state index in [0.29, 0.717) is 38.5 Å². The van der Waals surface area contributed by atoms with Gasteiger partial charge in [0, 0.05) is 13.0 Å². The summed E-state index contributed by atoms with van der Waals surface area (Å²) in [5.41, 5.74) is 6.43. The van der Waals surface area contributed by atoms with Gasteiger partial charge in [0.05, 0.1) is 6.54 Å². The Hall–Kier alpha value is -4.70. The van der Waals surface area contributed by atoms with Gasteiger partial charge in [0.1, 0.15) is 23.7 Å². The van der Waals surface area contributed by atoms with E-state index in [1.807, 2.05) is 50.3 Å². The third-order valence-corrected chi connectivity index (χ3v) is 9.52. The molecule has 1 heterocycles. The van der Waals surface area contributed by atoms with E-state index in [9.17, 15) is 28.8 Å². The van der Waals surface area contributed by atoms with Gasteiger partial charge in [0.2, 0.25) is 17.6 Å². The predicted molar refractivity (Wildman–Crippen MR) is 189 cm³/mol. The van der Waals surface area contributed by atoms with Gasteiger partial charge in [0.15, 0.2) is 0 Å². The molecule has 1 aliphatic carbocycles. The summed E-state index contributed by atoms with van der Waals surface area (Å²) in [6.45, 7) is 12.7. The van der Waals surface area contributed by atoms with E-state index in [-0.39, 0.29) is 18.4 Å². The number of nitrogens with zero attached hydrogens (tertiary/aromatic N) is 1. The number of nitrogens with two attached hydrogens (primary N) is 1. The first kappa shape index (κ1) is 39.7. The zero-order valence-electron chi connectivity index (χ0n) is 30.0. The molecule has 5 amide bonds. The summed E-state index contributed by atoms with van der Waals surface area (Å²) >= 11 is 0. The molecule has 1 saturated carbocycles. The second-order valence-electron chi connectivity index (χ2n) is 14.6. The van der Waals surface area contributed by atoms with E-state index in [0.717, 1.165) is 12.0 Å². The summed E-state index contributed by atoms with van der Waals surface area (Å²) in [6, 6.07) is 6.69. The number of nitrogens with one attached hydrogen (secondary N) is 3. The van der Waals surface area contributed by atoms with Gasteiger partial charge in [-0.3, -0.25) is 19.2 Å². The number of rotatable bonds is 14. The second kappa shape index (κ2) is 17.8. The number of esters is 1. The molecule has 0 radical (unpaired) electrons. The van der Waals surface area contributed by atoms with E-state index >= 15 is 0 Å². The number of carbonyl (C=O) groups excluding carboxylic acids is 6. The van der Waals surface area contributed by atoms with Crippen LogP contribution in [-0.4, -0.2) is 71.1 Å². The van der Waals surface area contributed by atoms with Gasteiger partial charge in [0.25, 0.3) is 5.91 Å². The number of ether oxygens (including phenoxy) is 1. The fourth-order valence-corrected chi connectivity index (χ4v) is 6.45. The number of carbonyl (C=O) groups is 6. The fraction of sp³-hybridized carbons (Fsp3) is 0.553. The number of hydrogen-bond donors (Lipinski definition) is 4. The summed E-state index contributed by atoms with van der Waals surface area (Å²) in [4.78, 5) is 79.8. The molecule has 0 spiro atoms. The normalized spacial score (nSPS) is 19.9. The van der Waals surface area contributed by atoms with E-state index in [1.165, 1.54) is 4.90 Å². The Labute approximate surface area is 295 Å². The predicted octanol–water partition coefficient (Wildman–Crippen LogP) is 4.02. The topological polar surface area (TPSA) is 177 Å². The molecule has 12 heteroatoms. The minimum atomic E-state index is -1.31. The van der Waals surface area contributed by atoms with Crippen molar-refractivity contribution in [1.82, 2.24) is 20.9 Å². The third-order valence-electron chi connectivity index (χ3n) is 9.52. The number of amides is 5. The standard InChI is InChI=1S/C38H53N5O7/c1-7-8-9-14-19-30(26-17-12-10-13-18-26)50-35(48)38(20-15-11-16-21-38)42-36(49)41-31(37(4,5)6)34(47)43-24-27(25(2)3)22-28(43)33(46)40-23-29(44)32(39)45/h8-10,12-14,17-18,25,27-28,30-31H,1,11,15-16,19-24H2,2-6H3,(H2,39,45)(H,40,46)(H2,41,42,49)/b14-9+/t27-,28+,30?,31-/m1/s1. The van der Waals surface area contributed by atoms with Crippen LogP contribution >= 0.6 is 0 Å². The van der Waals surface area contributed by atoms with Crippen molar-refractivity contribution in [2.24, 2.45) is 23.0 Å². The van der Waals surface area contributed by atoms with Crippen LogP contribution in [0.15, 0.2) is 60.9 Å². The SMILES string of the molecule is C=C=C/C=C/CC(OC(=O)C1(NC(=O)N[C@H](C(=O)N2C[C@H](C(C)C)C[C@H]2C(=O)NCC(=O)C(N)=O)C(C)(C)C)CCCCC1)c1ccccc1. The number of Topliss-reactive ketones (excluding diaryl/α,β-unsaturated/α-hetero) is 1. The minimum absolute atomic E-state index is 0.0172. The zero-order chi connectivity index (χ0) is 37.1. The summed E-state index contributed by atoms with van der Waals surface area (Å²) in [5.74, 6) is -3.59. The largest absolute Gasteiger partial charge is 0.455 e. The van der Waals surface area contributed by atoms with Crippen LogP contribution in [0.2, 0.25) is 0 Å². The number of benzene rings is 1. The van der Waals surface area contributed by atoms with Gasteiger partial charge >= 0.3 is 12.0 Å². The maximum atomic E-state index is 14.3. The Morgan fingerprint density at radius 1 is 1.08 bits per heavy atom. The minimum Gasteiger partial charge on any atom is -0.455 e. The number of urea groups is 1. The lowest BCUT2D eigenvalue weighted by molar-refractivity contribution is -0.158. The molecule has 12 nitrogen and oxygen atoms in total. The second-order valence-corrected chi connectivity index (χ2v) is 14.6. The highest BCUT2D eigenvalue weighted by Gasteiger charge is 2.47. The lowest BCUT2D eigenvalue weighted by Gasteiger charge is -2.39. The van der Waals surface area contributed by atoms with Crippen LogP contribution in [0.1, 0.15) is 91.2 Å². The Kier molecular flexibility index (Phi) is 14.1. The van der Waals surface area contributed by atoms with Gasteiger partial charge in [-0.15, -0.1) is 5.73 Å². The molecular formula is C38H53N5O7. The summed E-state index contributed by atoms with van der Waals surface area (Å²) < 4.78 is 6.14. The first-order chi connectivity index (χ1) is 23.6. The van der Waals surface area contributed by atoms with Gasteiger partial charge in [-0.2, -0.15) is 0 Å². The lowest BCUT2D eigenvalue weighted by atomic mass is 9.81. The fourth-order valence-electron chi connectivity index (χ4n) is 6.45. The average molecular weight is 692 g/mol.